The van der Waals surface area contributed by atoms with E-state index in [0.717, 1.165) is 40.8 Å². The number of rotatable bonds is 3. The number of nitrogens with zero attached hydrogens (tertiary/aromatic N) is 1. The van der Waals surface area contributed by atoms with Gasteiger partial charge in [0.2, 0.25) is 0 Å². The van der Waals surface area contributed by atoms with Gasteiger partial charge in [-0.1, -0.05) is 61.2 Å². The molecular weight excluding hydrogens is 379 g/mol. The Morgan fingerprint density at radius 1 is 1.15 bits per heavy atom. The highest BCUT2D eigenvalue weighted by Gasteiger charge is 2.36. The molecule has 3 rings (SSSR count). The first-order valence-electron chi connectivity index (χ1n) is 7.84. The number of thioether (sulfide) groups is 1. The van der Waals surface area contributed by atoms with E-state index in [1.165, 1.54) is 17.7 Å². The van der Waals surface area contributed by atoms with Crippen LogP contribution in [0.1, 0.15) is 23.6 Å². The molecule has 1 fully saturated rings. The Morgan fingerprint density at radius 2 is 1.85 bits per heavy atom. The van der Waals surface area contributed by atoms with Gasteiger partial charge in [-0.15, -0.1) is 0 Å². The summed E-state index contributed by atoms with van der Waals surface area (Å²) in [6, 6.07) is 12.4. The third-order valence-corrected chi connectivity index (χ3v) is 5.21. The molecule has 1 aliphatic heterocycles. The van der Waals surface area contributed by atoms with Gasteiger partial charge in [0.25, 0.3) is 5.91 Å². The van der Waals surface area contributed by atoms with E-state index in [1.54, 1.807) is 6.08 Å². The summed E-state index contributed by atoms with van der Waals surface area (Å²) in [4.78, 5) is 14.2. The molecule has 1 heterocycles. The minimum atomic E-state index is -4.48. The fourth-order valence-corrected chi connectivity index (χ4v) is 3.81. The van der Waals surface area contributed by atoms with E-state index in [4.69, 9.17) is 12.2 Å². The van der Waals surface area contributed by atoms with Crippen molar-refractivity contribution in [2.24, 2.45) is 0 Å². The number of carbonyl (C=O) groups excluding carboxylic acids is 1. The van der Waals surface area contributed by atoms with Crippen LogP contribution >= 0.6 is 24.0 Å². The van der Waals surface area contributed by atoms with Crippen molar-refractivity contribution >= 4 is 46.0 Å². The van der Waals surface area contributed by atoms with E-state index in [2.05, 4.69) is 6.92 Å². The number of amides is 1. The van der Waals surface area contributed by atoms with Gasteiger partial charge in [-0.25, -0.2) is 0 Å². The summed E-state index contributed by atoms with van der Waals surface area (Å²) in [6.45, 7) is 2.05. The van der Waals surface area contributed by atoms with Crippen LogP contribution in [-0.4, -0.2) is 10.2 Å². The molecule has 0 saturated carbocycles. The molecule has 2 aromatic carbocycles. The molecule has 0 N–H and O–H groups in total. The number of halogens is 3. The zero-order valence-electron chi connectivity index (χ0n) is 13.7. The fourth-order valence-electron chi connectivity index (χ4n) is 2.51. The van der Waals surface area contributed by atoms with Gasteiger partial charge in [0.1, 0.15) is 0 Å². The minimum absolute atomic E-state index is 0.118. The van der Waals surface area contributed by atoms with E-state index < -0.39 is 17.6 Å². The Bertz CT molecular complexity index is 888. The molecule has 2 nitrogen and oxygen atoms in total. The summed E-state index contributed by atoms with van der Waals surface area (Å²) in [5, 5.41) is 0. The van der Waals surface area contributed by atoms with Crippen LogP contribution in [0.3, 0.4) is 0 Å². The van der Waals surface area contributed by atoms with Gasteiger partial charge in [0.05, 0.1) is 16.2 Å². The molecule has 2 aromatic rings. The fraction of sp³-hybridized carbons (Fsp3) is 0.158. The number of alkyl halides is 3. The molecule has 1 aliphatic rings. The average Bonchev–Trinajstić information content (AvgIpc) is 2.88. The summed E-state index contributed by atoms with van der Waals surface area (Å²) in [6.07, 6.45) is -1.86. The Morgan fingerprint density at radius 3 is 2.46 bits per heavy atom. The molecule has 0 spiro atoms. The Kier molecular flexibility index (Phi) is 5.20. The van der Waals surface area contributed by atoms with E-state index in [-0.39, 0.29) is 10.0 Å². The second kappa shape index (κ2) is 7.25. The van der Waals surface area contributed by atoms with Crippen molar-refractivity contribution in [2.75, 3.05) is 4.90 Å². The number of carbonyl (C=O) groups is 1. The number of benzene rings is 2. The van der Waals surface area contributed by atoms with Crippen LogP contribution < -0.4 is 4.90 Å². The van der Waals surface area contributed by atoms with E-state index in [1.807, 2.05) is 24.3 Å². The van der Waals surface area contributed by atoms with Gasteiger partial charge >= 0.3 is 6.18 Å². The monoisotopic (exact) mass is 393 g/mol. The molecular formula is C19H14F3NOS2. The predicted octanol–water partition coefficient (Wildman–Crippen LogP) is 5.67. The lowest BCUT2D eigenvalue weighted by Gasteiger charge is -2.16. The van der Waals surface area contributed by atoms with Crippen LogP contribution in [-0.2, 0) is 17.4 Å². The normalized spacial score (nSPS) is 16.6. The first kappa shape index (κ1) is 18.7. The summed E-state index contributed by atoms with van der Waals surface area (Å²) in [7, 11) is 0. The third kappa shape index (κ3) is 3.83. The molecule has 134 valence electrons. The second-order valence-electron chi connectivity index (χ2n) is 5.66. The minimum Gasteiger partial charge on any atom is -0.268 e. The van der Waals surface area contributed by atoms with E-state index in [9.17, 15) is 18.0 Å². The molecule has 7 heteroatoms. The van der Waals surface area contributed by atoms with E-state index >= 15 is 0 Å². The Balaban J connectivity index is 1.90. The molecule has 1 amide bonds. The topological polar surface area (TPSA) is 20.3 Å². The van der Waals surface area contributed by atoms with Gasteiger partial charge < -0.3 is 0 Å². The Labute approximate surface area is 158 Å². The van der Waals surface area contributed by atoms with Crippen LogP contribution in [0.15, 0.2) is 53.4 Å². The van der Waals surface area contributed by atoms with Gasteiger partial charge in [0, 0.05) is 0 Å². The number of aryl methyl sites for hydroxylation is 1. The van der Waals surface area contributed by atoms with Crippen molar-refractivity contribution in [3.05, 3.63) is 70.1 Å². The quantitative estimate of drug-likeness (QED) is 0.495. The molecule has 0 atom stereocenters. The number of hydrogen-bond donors (Lipinski definition) is 0. The highest BCUT2D eigenvalue weighted by molar-refractivity contribution is 8.27. The van der Waals surface area contributed by atoms with Crippen molar-refractivity contribution in [3.8, 4) is 0 Å². The number of thiocarbonyl (C=S) groups is 1. The van der Waals surface area contributed by atoms with Gasteiger partial charge in [-0.3, -0.25) is 9.69 Å². The van der Waals surface area contributed by atoms with Crippen molar-refractivity contribution < 1.29 is 18.0 Å². The maximum Gasteiger partial charge on any atom is 0.416 e. The van der Waals surface area contributed by atoms with Crippen molar-refractivity contribution in [2.45, 2.75) is 19.5 Å². The largest absolute Gasteiger partial charge is 0.416 e. The summed E-state index contributed by atoms with van der Waals surface area (Å²) < 4.78 is 39.0. The molecule has 0 bridgehead atoms. The van der Waals surface area contributed by atoms with Crippen LogP contribution in [0, 0.1) is 0 Å². The maximum atomic E-state index is 12.9. The standard InChI is InChI=1S/C19H14F3NOS2/c1-2-12-6-8-13(9-7-12)10-16-17(24)23(18(25)26-16)15-5-3-4-14(11-15)19(20,21)22/h3-11H,2H2,1H3/b16-10-. The van der Waals surface area contributed by atoms with Gasteiger partial charge in [-0.05, 0) is 41.8 Å². The summed E-state index contributed by atoms with van der Waals surface area (Å²) >= 11 is 6.30. The lowest BCUT2D eigenvalue weighted by molar-refractivity contribution is -0.137. The molecule has 0 radical (unpaired) electrons. The molecule has 0 unspecified atom stereocenters. The zero-order chi connectivity index (χ0) is 18.9. The number of hydrogen-bond acceptors (Lipinski definition) is 3. The highest BCUT2D eigenvalue weighted by atomic mass is 32.2. The molecule has 0 aliphatic carbocycles. The van der Waals surface area contributed by atoms with Gasteiger partial charge in [-0.2, -0.15) is 13.2 Å². The highest BCUT2D eigenvalue weighted by Crippen LogP contribution is 2.38. The van der Waals surface area contributed by atoms with Gasteiger partial charge in [0.15, 0.2) is 4.32 Å². The lowest BCUT2D eigenvalue weighted by atomic mass is 10.1. The molecule has 26 heavy (non-hydrogen) atoms. The molecule has 0 aromatic heterocycles. The number of anilines is 1. The SMILES string of the molecule is CCc1ccc(/C=C2\SC(=S)N(c3cccc(C(F)(F)F)c3)C2=O)cc1. The first-order chi connectivity index (χ1) is 12.3. The second-order valence-corrected chi connectivity index (χ2v) is 7.34. The Hall–Kier alpha value is -2.12. The van der Waals surface area contributed by atoms with Crippen LogP contribution in [0.4, 0.5) is 18.9 Å². The van der Waals surface area contributed by atoms with Crippen LogP contribution in [0.25, 0.3) is 6.08 Å². The maximum absolute atomic E-state index is 12.9. The molecule has 1 saturated heterocycles. The summed E-state index contributed by atoms with van der Waals surface area (Å²) in [5.74, 6) is -0.418. The van der Waals surface area contributed by atoms with Crippen molar-refractivity contribution in [1.82, 2.24) is 0 Å². The first-order valence-corrected chi connectivity index (χ1v) is 9.06. The van der Waals surface area contributed by atoms with Crippen molar-refractivity contribution in [1.29, 1.82) is 0 Å². The third-order valence-electron chi connectivity index (χ3n) is 3.91. The average molecular weight is 393 g/mol. The lowest BCUT2D eigenvalue weighted by Crippen LogP contribution is -2.27. The van der Waals surface area contributed by atoms with E-state index in [0.29, 0.717) is 4.91 Å². The predicted molar refractivity (Wildman–Crippen MR) is 103 cm³/mol. The summed E-state index contributed by atoms with van der Waals surface area (Å²) in [5.41, 5.74) is 1.32. The smallest absolute Gasteiger partial charge is 0.268 e. The van der Waals surface area contributed by atoms with Crippen molar-refractivity contribution in [3.63, 3.8) is 0 Å². The zero-order valence-corrected chi connectivity index (χ0v) is 15.3. The van der Waals surface area contributed by atoms with Crippen LogP contribution in [0.2, 0.25) is 0 Å². The van der Waals surface area contributed by atoms with Crippen LogP contribution in [0.5, 0.6) is 0 Å².